The first-order valence-corrected chi connectivity index (χ1v) is 10.7. The maximum absolute atomic E-state index is 12.8. The van der Waals surface area contributed by atoms with Crippen LogP contribution < -0.4 is 16.0 Å². The summed E-state index contributed by atoms with van der Waals surface area (Å²) in [5.74, 6) is -0.626. The van der Waals surface area contributed by atoms with E-state index in [1.165, 1.54) is 10.5 Å². The molecule has 2 aliphatic rings. The Labute approximate surface area is 182 Å². The first kappa shape index (κ1) is 22.7. The van der Waals surface area contributed by atoms with E-state index in [1.54, 1.807) is 6.92 Å². The highest BCUT2D eigenvalue weighted by Crippen LogP contribution is 2.21. The second kappa shape index (κ2) is 9.91. The summed E-state index contributed by atoms with van der Waals surface area (Å²) in [7, 11) is 0. The highest BCUT2D eigenvalue weighted by molar-refractivity contribution is 5.89. The van der Waals surface area contributed by atoms with Gasteiger partial charge in [0.15, 0.2) is 0 Å². The van der Waals surface area contributed by atoms with Crippen LogP contribution in [0, 0.1) is 0 Å². The SMILES string of the molecule is C=C(C)[C@H](CC(=O)O)NC(=O)CN1C(=O)[C@@H](NCc2ccc3c(n2)NCCC3)C[C@H]1C. The molecule has 168 valence electrons. The van der Waals surface area contributed by atoms with Gasteiger partial charge in [-0.25, -0.2) is 4.98 Å². The molecule has 0 aromatic carbocycles. The molecule has 0 radical (unpaired) electrons. The average molecular weight is 430 g/mol. The molecule has 0 unspecified atom stereocenters. The van der Waals surface area contributed by atoms with Crippen LogP contribution in [-0.2, 0) is 27.3 Å². The number of rotatable bonds is 9. The van der Waals surface area contributed by atoms with Crippen LogP contribution in [0.1, 0.15) is 44.4 Å². The number of carbonyl (C=O) groups excluding carboxylic acids is 2. The van der Waals surface area contributed by atoms with Crippen LogP contribution in [-0.4, -0.2) is 64.0 Å². The Hall–Kier alpha value is -2.94. The second-order valence-corrected chi connectivity index (χ2v) is 8.39. The summed E-state index contributed by atoms with van der Waals surface area (Å²) >= 11 is 0. The maximum Gasteiger partial charge on any atom is 0.305 e. The van der Waals surface area contributed by atoms with Gasteiger partial charge in [0.2, 0.25) is 11.8 Å². The lowest BCUT2D eigenvalue weighted by Crippen LogP contribution is -2.47. The van der Waals surface area contributed by atoms with Gasteiger partial charge in [-0.3, -0.25) is 14.4 Å². The van der Waals surface area contributed by atoms with Crippen molar-refractivity contribution in [1.82, 2.24) is 20.5 Å². The fourth-order valence-corrected chi connectivity index (χ4v) is 4.00. The number of nitrogens with one attached hydrogen (secondary N) is 3. The number of carboxylic acid groups (broad SMARTS) is 1. The normalized spacial score (nSPS) is 21.2. The van der Waals surface area contributed by atoms with E-state index >= 15 is 0 Å². The van der Waals surface area contributed by atoms with Gasteiger partial charge < -0.3 is 26.0 Å². The van der Waals surface area contributed by atoms with Gasteiger partial charge >= 0.3 is 5.97 Å². The van der Waals surface area contributed by atoms with E-state index in [2.05, 4.69) is 33.6 Å². The molecule has 1 fully saturated rings. The molecule has 4 N–H and O–H groups in total. The largest absolute Gasteiger partial charge is 0.481 e. The van der Waals surface area contributed by atoms with E-state index < -0.39 is 17.9 Å². The van der Waals surface area contributed by atoms with Gasteiger partial charge in [0.1, 0.15) is 5.82 Å². The molecular formula is C22H31N5O4. The van der Waals surface area contributed by atoms with Gasteiger partial charge in [-0.2, -0.15) is 0 Å². The van der Waals surface area contributed by atoms with E-state index in [0.717, 1.165) is 30.9 Å². The quantitative estimate of drug-likeness (QED) is 0.433. The predicted molar refractivity (Wildman–Crippen MR) is 116 cm³/mol. The number of aromatic nitrogens is 1. The molecule has 9 heteroatoms. The zero-order chi connectivity index (χ0) is 22.5. The number of amides is 2. The highest BCUT2D eigenvalue weighted by Gasteiger charge is 2.38. The summed E-state index contributed by atoms with van der Waals surface area (Å²) in [6.45, 7) is 8.59. The Morgan fingerprint density at radius 2 is 2.19 bits per heavy atom. The molecule has 2 amide bonds. The number of carboxylic acids is 1. The van der Waals surface area contributed by atoms with Crippen molar-refractivity contribution in [2.75, 3.05) is 18.4 Å². The Kier molecular flexibility index (Phi) is 7.27. The third kappa shape index (κ3) is 5.81. The van der Waals surface area contributed by atoms with Gasteiger partial charge in [0.25, 0.3) is 0 Å². The van der Waals surface area contributed by atoms with Crippen molar-refractivity contribution in [3.63, 3.8) is 0 Å². The van der Waals surface area contributed by atoms with Crippen LogP contribution in [0.15, 0.2) is 24.3 Å². The minimum atomic E-state index is -1.02. The van der Waals surface area contributed by atoms with E-state index in [-0.39, 0.29) is 31.0 Å². The van der Waals surface area contributed by atoms with Gasteiger partial charge in [0, 0.05) is 19.1 Å². The van der Waals surface area contributed by atoms with Crippen LogP contribution in [0.4, 0.5) is 5.82 Å². The lowest BCUT2D eigenvalue weighted by molar-refractivity contribution is -0.138. The minimum absolute atomic E-state index is 0.100. The van der Waals surface area contributed by atoms with Gasteiger partial charge in [-0.1, -0.05) is 18.2 Å². The summed E-state index contributed by atoms with van der Waals surface area (Å²) < 4.78 is 0. The second-order valence-electron chi connectivity index (χ2n) is 8.39. The molecule has 3 heterocycles. The predicted octanol–water partition coefficient (Wildman–Crippen LogP) is 1.05. The lowest BCUT2D eigenvalue weighted by Gasteiger charge is -2.23. The molecule has 0 aliphatic carbocycles. The van der Waals surface area contributed by atoms with Gasteiger partial charge in [-0.15, -0.1) is 0 Å². The molecule has 0 saturated carbocycles. The molecule has 1 saturated heterocycles. The maximum atomic E-state index is 12.8. The van der Waals surface area contributed by atoms with Gasteiger partial charge in [0.05, 0.1) is 30.7 Å². The standard InChI is InChI=1S/C22H31N5O4/c1-13(2)17(10-20(29)30)26-19(28)12-27-14(3)9-18(22(27)31)24-11-16-7-6-15-5-4-8-23-21(15)25-16/h6-7,14,17-18,24H,1,4-5,8-12H2,2-3H3,(H,23,25)(H,26,28)(H,29,30)/t14-,17+,18+/m1/s1. The molecule has 3 rings (SSSR count). The zero-order valence-corrected chi connectivity index (χ0v) is 18.1. The number of carbonyl (C=O) groups is 3. The number of aliphatic carboxylic acids is 1. The molecule has 0 bridgehead atoms. The highest BCUT2D eigenvalue weighted by atomic mass is 16.4. The van der Waals surface area contributed by atoms with Crippen LogP contribution >= 0.6 is 0 Å². The number of pyridine rings is 1. The van der Waals surface area contributed by atoms with Crippen LogP contribution in [0.2, 0.25) is 0 Å². The first-order chi connectivity index (χ1) is 14.7. The molecule has 3 atom stereocenters. The van der Waals surface area contributed by atoms with E-state index in [1.807, 2.05) is 13.0 Å². The fraction of sp³-hybridized carbons (Fsp3) is 0.545. The van der Waals surface area contributed by atoms with Crippen LogP contribution in [0.5, 0.6) is 0 Å². The fourth-order valence-electron chi connectivity index (χ4n) is 4.00. The molecule has 2 aliphatic heterocycles. The van der Waals surface area contributed by atoms with Crippen molar-refractivity contribution in [3.8, 4) is 0 Å². The number of aryl methyl sites for hydroxylation is 1. The summed E-state index contributed by atoms with van der Waals surface area (Å²) in [5, 5.41) is 18.2. The van der Waals surface area contributed by atoms with Gasteiger partial charge in [-0.05, 0) is 44.7 Å². The third-order valence-electron chi connectivity index (χ3n) is 5.79. The van der Waals surface area contributed by atoms with Crippen molar-refractivity contribution >= 4 is 23.6 Å². The summed E-state index contributed by atoms with van der Waals surface area (Å²) in [6, 6.07) is 2.92. The molecule has 0 spiro atoms. The Bertz CT molecular complexity index is 871. The van der Waals surface area contributed by atoms with E-state index in [4.69, 9.17) is 5.11 Å². The molecular weight excluding hydrogens is 398 g/mol. The summed E-state index contributed by atoms with van der Waals surface area (Å²) in [6.07, 6.45) is 2.48. The topological polar surface area (TPSA) is 124 Å². The first-order valence-electron chi connectivity index (χ1n) is 10.7. The number of hydrogen-bond donors (Lipinski definition) is 4. The number of hydrogen-bond acceptors (Lipinski definition) is 6. The number of likely N-dealkylation sites (tertiary alicyclic amines) is 1. The van der Waals surface area contributed by atoms with Crippen LogP contribution in [0.3, 0.4) is 0 Å². The Morgan fingerprint density at radius 1 is 1.42 bits per heavy atom. The molecule has 1 aromatic heterocycles. The number of nitrogens with zero attached hydrogens (tertiary/aromatic N) is 2. The monoisotopic (exact) mass is 429 g/mol. The lowest BCUT2D eigenvalue weighted by atomic mass is 10.1. The number of anilines is 1. The Morgan fingerprint density at radius 3 is 2.90 bits per heavy atom. The smallest absolute Gasteiger partial charge is 0.305 e. The molecule has 31 heavy (non-hydrogen) atoms. The summed E-state index contributed by atoms with van der Waals surface area (Å²) in [5.41, 5.74) is 2.64. The molecule has 9 nitrogen and oxygen atoms in total. The Balaban J connectivity index is 1.54. The minimum Gasteiger partial charge on any atom is -0.481 e. The average Bonchev–Trinajstić information content (AvgIpc) is 2.98. The van der Waals surface area contributed by atoms with E-state index in [0.29, 0.717) is 18.5 Å². The molecule has 1 aromatic rings. The summed E-state index contributed by atoms with van der Waals surface area (Å²) in [4.78, 5) is 42.4. The van der Waals surface area contributed by atoms with Crippen molar-refractivity contribution in [2.24, 2.45) is 0 Å². The van der Waals surface area contributed by atoms with Crippen molar-refractivity contribution in [2.45, 2.75) is 64.2 Å². The number of fused-ring (bicyclic) bond motifs is 1. The van der Waals surface area contributed by atoms with Crippen molar-refractivity contribution in [1.29, 1.82) is 0 Å². The van der Waals surface area contributed by atoms with Crippen LogP contribution in [0.25, 0.3) is 0 Å². The van der Waals surface area contributed by atoms with E-state index in [9.17, 15) is 14.4 Å². The third-order valence-corrected chi connectivity index (χ3v) is 5.79. The van der Waals surface area contributed by atoms with Crippen molar-refractivity contribution < 1.29 is 19.5 Å². The van der Waals surface area contributed by atoms with Crippen molar-refractivity contribution in [3.05, 3.63) is 35.5 Å². The zero-order valence-electron chi connectivity index (χ0n) is 18.1.